The maximum absolute atomic E-state index is 11.1. The van der Waals surface area contributed by atoms with E-state index in [0.29, 0.717) is 13.0 Å². The summed E-state index contributed by atoms with van der Waals surface area (Å²) in [6, 6.07) is 9.35. The second-order valence-electron chi connectivity index (χ2n) is 2.96. The van der Waals surface area contributed by atoms with Gasteiger partial charge in [0.2, 0.25) is 0 Å². The fourth-order valence-electron chi connectivity index (χ4n) is 1.16. The summed E-state index contributed by atoms with van der Waals surface area (Å²) in [5, 5.41) is 9.43. The molecule has 0 fully saturated rings. The zero-order chi connectivity index (χ0) is 10.4. The fourth-order valence-corrected chi connectivity index (χ4v) is 1.16. The highest BCUT2D eigenvalue weighted by atomic mass is 16.5. The molecule has 0 aliphatic heterocycles. The number of carbonyl (C=O) groups is 1. The SMILES string of the molecule is CCOC(=O)[C@H](O)Cc1ccccc1. The van der Waals surface area contributed by atoms with Gasteiger partial charge in [-0.15, -0.1) is 0 Å². The van der Waals surface area contributed by atoms with Gasteiger partial charge in [0, 0.05) is 6.42 Å². The van der Waals surface area contributed by atoms with Gasteiger partial charge in [-0.1, -0.05) is 30.3 Å². The third-order valence-electron chi connectivity index (χ3n) is 1.83. The van der Waals surface area contributed by atoms with Gasteiger partial charge >= 0.3 is 5.97 Å². The minimum absolute atomic E-state index is 0.296. The molecule has 0 bridgehead atoms. The van der Waals surface area contributed by atoms with Crippen LogP contribution in [0.4, 0.5) is 0 Å². The number of rotatable bonds is 4. The second-order valence-corrected chi connectivity index (χ2v) is 2.96. The van der Waals surface area contributed by atoms with Crippen LogP contribution in [0.1, 0.15) is 12.5 Å². The van der Waals surface area contributed by atoms with E-state index in [2.05, 4.69) is 4.74 Å². The lowest BCUT2D eigenvalue weighted by Gasteiger charge is -2.08. The number of hydrogen-bond acceptors (Lipinski definition) is 3. The molecule has 1 aromatic carbocycles. The molecule has 0 saturated carbocycles. The van der Waals surface area contributed by atoms with Gasteiger partial charge in [-0.05, 0) is 12.5 Å². The Morgan fingerprint density at radius 1 is 1.43 bits per heavy atom. The molecule has 3 nitrogen and oxygen atoms in total. The zero-order valence-electron chi connectivity index (χ0n) is 8.14. The van der Waals surface area contributed by atoms with Crippen molar-refractivity contribution in [1.29, 1.82) is 0 Å². The molecule has 0 aromatic heterocycles. The van der Waals surface area contributed by atoms with E-state index in [9.17, 15) is 9.90 Å². The smallest absolute Gasteiger partial charge is 0.335 e. The minimum Gasteiger partial charge on any atom is -0.464 e. The van der Waals surface area contributed by atoms with Crippen molar-refractivity contribution in [2.24, 2.45) is 0 Å². The topological polar surface area (TPSA) is 46.5 Å². The predicted octanol–water partition coefficient (Wildman–Crippen LogP) is 1.15. The quantitative estimate of drug-likeness (QED) is 0.731. The number of carbonyl (C=O) groups excluding carboxylic acids is 1. The maximum Gasteiger partial charge on any atom is 0.335 e. The number of aliphatic hydroxyl groups is 1. The van der Waals surface area contributed by atoms with Gasteiger partial charge in [0.25, 0.3) is 0 Å². The summed E-state index contributed by atoms with van der Waals surface area (Å²) in [6.07, 6.45) is -0.753. The molecule has 0 amide bonds. The molecule has 14 heavy (non-hydrogen) atoms. The van der Waals surface area contributed by atoms with E-state index in [4.69, 9.17) is 0 Å². The molecule has 1 rings (SSSR count). The van der Waals surface area contributed by atoms with Crippen molar-refractivity contribution >= 4 is 5.97 Å². The van der Waals surface area contributed by atoms with Gasteiger partial charge in [-0.2, -0.15) is 0 Å². The van der Waals surface area contributed by atoms with Crippen LogP contribution in [-0.4, -0.2) is 23.8 Å². The summed E-state index contributed by atoms with van der Waals surface area (Å²) in [7, 11) is 0. The zero-order valence-corrected chi connectivity index (χ0v) is 8.14. The highest BCUT2D eigenvalue weighted by molar-refractivity contribution is 5.74. The molecule has 0 saturated heterocycles. The lowest BCUT2D eigenvalue weighted by Crippen LogP contribution is -2.25. The number of esters is 1. The van der Waals surface area contributed by atoms with E-state index >= 15 is 0 Å². The lowest BCUT2D eigenvalue weighted by atomic mass is 10.1. The van der Waals surface area contributed by atoms with Gasteiger partial charge < -0.3 is 9.84 Å². The number of aliphatic hydroxyl groups excluding tert-OH is 1. The summed E-state index contributed by atoms with van der Waals surface area (Å²) >= 11 is 0. The van der Waals surface area contributed by atoms with E-state index in [0.717, 1.165) is 5.56 Å². The van der Waals surface area contributed by atoms with E-state index < -0.39 is 12.1 Å². The summed E-state index contributed by atoms with van der Waals surface area (Å²) in [5.74, 6) is -0.559. The lowest BCUT2D eigenvalue weighted by molar-refractivity contribution is -0.152. The van der Waals surface area contributed by atoms with Gasteiger partial charge in [0.05, 0.1) is 6.61 Å². The third-order valence-corrected chi connectivity index (χ3v) is 1.83. The summed E-state index contributed by atoms with van der Waals surface area (Å²) < 4.78 is 4.69. The maximum atomic E-state index is 11.1. The van der Waals surface area contributed by atoms with E-state index in [1.807, 2.05) is 30.3 Å². The predicted molar refractivity (Wildman–Crippen MR) is 52.8 cm³/mol. The molecular weight excluding hydrogens is 180 g/mol. The first kappa shape index (κ1) is 10.7. The Hall–Kier alpha value is -1.35. The van der Waals surface area contributed by atoms with Gasteiger partial charge in [-0.25, -0.2) is 4.79 Å². The van der Waals surface area contributed by atoms with Crippen molar-refractivity contribution in [2.45, 2.75) is 19.4 Å². The van der Waals surface area contributed by atoms with Crippen LogP contribution in [0.2, 0.25) is 0 Å². The average Bonchev–Trinajstić information content (AvgIpc) is 2.19. The number of ether oxygens (including phenoxy) is 1. The van der Waals surface area contributed by atoms with Crippen LogP contribution >= 0.6 is 0 Å². The first-order valence-corrected chi connectivity index (χ1v) is 4.62. The van der Waals surface area contributed by atoms with Gasteiger partial charge in [0.1, 0.15) is 0 Å². The second kappa shape index (κ2) is 5.40. The molecule has 0 aliphatic rings. The Labute approximate surface area is 83.3 Å². The molecule has 0 heterocycles. The molecule has 0 spiro atoms. The Bertz CT molecular complexity index is 282. The summed E-state index contributed by atoms with van der Waals surface area (Å²) in [6.45, 7) is 2.01. The Morgan fingerprint density at radius 2 is 2.07 bits per heavy atom. The van der Waals surface area contributed by atoms with Crippen molar-refractivity contribution < 1.29 is 14.6 Å². The molecule has 76 valence electrons. The standard InChI is InChI=1S/C11H14O3/c1-2-14-11(13)10(12)8-9-6-4-3-5-7-9/h3-7,10,12H,2,8H2,1H3/t10-/m1/s1. The molecule has 0 unspecified atom stereocenters. The Morgan fingerprint density at radius 3 is 2.64 bits per heavy atom. The number of hydrogen-bond donors (Lipinski definition) is 1. The van der Waals surface area contributed by atoms with Crippen LogP contribution in [0.3, 0.4) is 0 Å². The summed E-state index contributed by atoms with van der Waals surface area (Å²) in [4.78, 5) is 11.1. The number of benzene rings is 1. The van der Waals surface area contributed by atoms with Crippen LogP contribution in [0.5, 0.6) is 0 Å². The first-order valence-electron chi connectivity index (χ1n) is 4.62. The third kappa shape index (κ3) is 3.18. The van der Waals surface area contributed by atoms with Crippen molar-refractivity contribution in [2.75, 3.05) is 6.61 Å². The minimum atomic E-state index is -1.06. The Balaban J connectivity index is 2.49. The van der Waals surface area contributed by atoms with Crippen LogP contribution in [0.15, 0.2) is 30.3 Å². The highest BCUT2D eigenvalue weighted by Crippen LogP contribution is 2.04. The molecule has 1 aromatic rings. The van der Waals surface area contributed by atoms with Crippen LogP contribution in [0.25, 0.3) is 0 Å². The van der Waals surface area contributed by atoms with E-state index in [1.165, 1.54) is 0 Å². The molecule has 1 N–H and O–H groups in total. The first-order chi connectivity index (χ1) is 6.74. The van der Waals surface area contributed by atoms with Gasteiger partial charge in [-0.3, -0.25) is 0 Å². The summed E-state index contributed by atoms with van der Waals surface area (Å²) in [5.41, 5.74) is 0.924. The van der Waals surface area contributed by atoms with Crippen molar-refractivity contribution in [3.8, 4) is 0 Å². The Kier molecular flexibility index (Phi) is 4.13. The van der Waals surface area contributed by atoms with E-state index in [1.54, 1.807) is 6.92 Å². The monoisotopic (exact) mass is 194 g/mol. The molecule has 0 aliphatic carbocycles. The largest absolute Gasteiger partial charge is 0.464 e. The molecular formula is C11H14O3. The van der Waals surface area contributed by atoms with Crippen LogP contribution in [0, 0.1) is 0 Å². The molecule has 1 atom stereocenters. The molecule has 0 radical (unpaired) electrons. The normalized spacial score (nSPS) is 12.1. The van der Waals surface area contributed by atoms with Crippen molar-refractivity contribution in [1.82, 2.24) is 0 Å². The van der Waals surface area contributed by atoms with E-state index in [-0.39, 0.29) is 0 Å². The fraction of sp³-hybridized carbons (Fsp3) is 0.364. The van der Waals surface area contributed by atoms with Crippen LogP contribution < -0.4 is 0 Å². The average molecular weight is 194 g/mol. The van der Waals surface area contributed by atoms with Crippen molar-refractivity contribution in [3.63, 3.8) is 0 Å². The molecule has 3 heteroatoms. The van der Waals surface area contributed by atoms with Crippen LogP contribution in [-0.2, 0) is 16.0 Å². The highest BCUT2D eigenvalue weighted by Gasteiger charge is 2.15. The van der Waals surface area contributed by atoms with Crippen molar-refractivity contribution in [3.05, 3.63) is 35.9 Å². The van der Waals surface area contributed by atoms with Gasteiger partial charge in [0.15, 0.2) is 6.10 Å².